The van der Waals surface area contributed by atoms with Gasteiger partial charge in [0.25, 0.3) is 0 Å². The first-order valence-corrected chi connectivity index (χ1v) is 9.36. The molecule has 27 heavy (non-hydrogen) atoms. The molecule has 4 aromatic rings. The van der Waals surface area contributed by atoms with Crippen molar-refractivity contribution < 1.29 is 18.3 Å². The van der Waals surface area contributed by atoms with Crippen LogP contribution in [0.3, 0.4) is 0 Å². The zero-order valence-electron chi connectivity index (χ0n) is 14.8. The number of fused-ring (bicyclic) bond motifs is 2. The molecule has 0 saturated heterocycles. The fourth-order valence-corrected chi connectivity index (χ4v) is 3.82. The van der Waals surface area contributed by atoms with E-state index in [1.54, 1.807) is 6.92 Å². The second-order valence-electron chi connectivity index (χ2n) is 6.05. The summed E-state index contributed by atoms with van der Waals surface area (Å²) >= 11 is 1.45. The standard InChI is InChI=1S/C20H17FN2O3S/c1-3-25-13-5-6-15-18(9-13)27-20(23-15)22-10-16(24)19-11(2)14-8-12(21)4-7-17(14)26-19/h4-9H,3,10H2,1-2H3,(H,22,23). The summed E-state index contributed by atoms with van der Waals surface area (Å²) in [6, 6.07) is 9.92. The van der Waals surface area contributed by atoms with Crippen LogP contribution in [0.15, 0.2) is 40.8 Å². The fourth-order valence-electron chi connectivity index (χ4n) is 2.93. The molecule has 0 bridgehead atoms. The summed E-state index contributed by atoms with van der Waals surface area (Å²) < 4.78 is 25.5. The van der Waals surface area contributed by atoms with Gasteiger partial charge in [-0.15, -0.1) is 0 Å². The van der Waals surface area contributed by atoms with Crippen LogP contribution in [-0.4, -0.2) is 23.9 Å². The molecular formula is C20H17FN2O3S. The van der Waals surface area contributed by atoms with Gasteiger partial charge in [0.15, 0.2) is 10.9 Å². The Morgan fingerprint density at radius 3 is 2.96 bits per heavy atom. The van der Waals surface area contributed by atoms with Gasteiger partial charge in [0.2, 0.25) is 5.78 Å². The van der Waals surface area contributed by atoms with Crippen LogP contribution in [-0.2, 0) is 0 Å². The van der Waals surface area contributed by atoms with Gasteiger partial charge in [-0.05, 0) is 50.2 Å². The van der Waals surface area contributed by atoms with E-state index in [-0.39, 0.29) is 23.9 Å². The molecule has 5 nitrogen and oxygen atoms in total. The van der Waals surface area contributed by atoms with E-state index in [9.17, 15) is 9.18 Å². The van der Waals surface area contributed by atoms with E-state index in [0.717, 1.165) is 16.0 Å². The predicted molar refractivity (Wildman–Crippen MR) is 105 cm³/mol. The van der Waals surface area contributed by atoms with Crippen LogP contribution < -0.4 is 10.1 Å². The summed E-state index contributed by atoms with van der Waals surface area (Å²) in [5.41, 5.74) is 1.98. The van der Waals surface area contributed by atoms with E-state index in [4.69, 9.17) is 9.15 Å². The first-order valence-electron chi connectivity index (χ1n) is 8.54. The molecule has 1 N–H and O–H groups in total. The van der Waals surface area contributed by atoms with Gasteiger partial charge in [-0.25, -0.2) is 9.37 Å². The van der Waals surface area contributed by atoms with Crippen LogP contribution in [0.1, 0.15) is 23.0 Å². The molecule has 138 valence electrons. The number of Topliss-reactive ketones (excluding diaryl/α,β-unsaturated/α-hetero) is 1. The second kappa shape index (κ2) is 7.00. The first-order chi connectivity index (χ1) is 13.0. The highest BCUT2D eigenvalue weighted by molar-refractivity contribution is 7.22. The average molecular weight is 384 g/mol. The van der Waals surface area contributed by atoms with Crippen molar-refractivity contribution in [1.82, 2.24) is 4.98 Å². The number of benzene rings is 2. The van der Waals surface area contributed by atoms with E-state index in [1.807, 2.05) is 25.1 Å². The quantitative estimate of drug-likeness (QED) is 0.464. The maximum Gasteiger partial charge on any atom is 0.217 e. The summed E-state index contributed by atoms with van der Waals surface area (Å²) in [6.07, 6.45) is 0. The van der Waals surface area contributed by atoms with Gasteiger partial charge in [0.1, 0.15) is 17.1 Å². The number of ether oxygens (including phenoxy) is 1. The lowest BCUT2D eigenvalue weighted by Crippen LogP contribution is -2.14. The minimum absolute atomic E-state index is 0.0429. The molecule has 0 aliphatic heterocycles. The number of hydrogen-bond donors (Lipinski definition) is 1. The molecule has 0 amide bonds. The molecule has 0 fully saturated rings. The third-order valence-electron chi connectivity index (χ3n) is 4.22. The fraction of sp³-hybridized carbons (Fsp3) is 0.200. The zero-order valence-corrected chi connectivity index (χ0v) is 15.7. The number of nitrogens with one attached hydrogen (secondary N) is 1. The van der Waals surface area contributed by atoms with Crippen molar-refractivity contribution >= 4 is 43.4 Å². The molecule has 0 atom stereocenters. The predicted octanol–water partition coefficient (Wildman–Crippen LogP) is 5.18. The van der Waals surface area contributed by atoms with E-state index >= 15 is 0 Å². The largest absolute Gasteiger partial charge is 0.494 e. The van der Waals surface area contributed by atoms with Gasteiger partial charge < -0.3 is 14.5 Å². The number of aromatic nitrogens is 1. The molecule has 0 saturated carbocycles. The number of hydrogen-bond acceptors (Lipinski definition) is 6. The highest BCUT2D eigenvalue weighted by Crippen LogP contribution is 2.30. The summed E-state index contributed by atoms with van der Waals surface area (Å²) in [7, 11) is 0. The first kappa shape index (κ1) is 17.5. The van der Waals surface area contributed by atoms with Crippen molar-refractivity contribution in [2.24, 2.45) is 0 Å². The minimum Gasteiger partial charge on any atom is -0.494 e. The van der Waals surface area contributed by atoms with Crippen LogP contribution in [0, 0.1) is 12.7 Å². The number of ketones is 1. The molecule has 2 aromatic carbocycles. The zero-order chi connectivity index (χ0) is 19.0. The Balaban J connectivity index is 1.52. The molecule has 0 unspecified atom stereocenters. The highest BCUT2D eigenvalue weighted by atomic mass is 32.1. The number of anilines is 1. The average Bonchev–Trinajstić information content (AvgIpc) is 3.21. The number of aryl methyl sites for hydroxylation is 1. The Hall–Kier alpha value is -2.93. The third kappa shape index (κ3) is 3.38. The lowest BCUT2D eigenvalue weighted by Gasteiger charge is -2.00. The SMILES string of the molecule is CCOc1ccc2nc(NCC(=O)c3oc4ccc(F)cc4c3C)sc2c1. The van der Waals surface area contributed by atoms with E-state index in [0.29, 0.717) is 28.3 Å². The maximum absolute atomic E-state index is 13.4. The lowest BCUT2D eigenvalue weighted by atomic mass is 10.1. The lowest BCUT2D eigenvalue weighted by molar-refractivity contribution is 0.0981. The number of carbonyl (C=O) groups excluding carboxylic acids is 1. The van der Waals surface area contributed by atoms with Gasteiger partial charge >= 0.3 is 0 Å². The molecule has 2 heterocycles. The van der Waals surface area contributed by atoms with Crippen LogP contribution >= 0.6 is 11.3 Å². The number of nitrogens with zero attached hydrogens (tertiary/aromatic N) is 1. The Kier molecular flexibility index (Phi) is 4.53. The van der Waals surface area contributed by atoms with Crippen LogP contribution in [0.5, 0.6) is 5.75 Å². The molecule has 0 aliphatic rings. The van der Waals surface area contributed by atoms with E-state index < -0.39 is 0 Å². The topological polar surface area (TPSA) is 64.4 Å². The van der Waals surface area contributed by atoms with Crippen LogP contribution in [0.4, 0.5) is 9.52 Å². The molecule has 0 radical (unpaired) electrons. The summed E-state index contributed by atoms with van der Waals surface area (Å²) in [6.45, 7) is 4.33. The number of furan rings is 1. The number of halogens is 1. The summed E-state index contributed by atoms with van der Waals surface area (Å²) in [4.78, 5) is 17.0. The summed E-state index contributed by atoms with van der Waals surface area (Å²) in [5.74, 6) is 0.465. The number of rotatable bonds is 6. The molecule has 4 rings (SSSR count). The van der Waals surface area contributed by atoms with E-state index in [1.165, 1.54) is 29.5 Å². The third-order valence-corrected chi connectivity index (χ3v) is 5.20. The van der Waals surface area contributed by atoms with Crippen molar-refractivity contribution in [1.29, 1.82) is 0 Å². The van der Waals surface area contributed by atoms with Gasteiger partial charge in [-0.1, -0.05) is 11.3 Å². The second-order valence-corrected chi connectivity index (χ2v) is 7.09. The Morgan fingerprint density at radius 2 is 2.15 bits per heavy atom. The minimum atomic E-state index is -0.357. The Morgan fingerprint density at radius 1 is 1.30 bits per heavy atom. The smallest absolute Gasteiger partial charge is 0.217 e. The normalized spacial score (nSPS) is 11.2. The Labute approximate surface area is 158 Å². The van der Waals surface area contributed by atoms with Gasteiger partial charge in [0, 0.05) is 10.9 Å². The molecule has 0 spiro atoms. The molecule has 2 aromatic heterocycles. The van der Waals surface area contributed by atoms with Crippen molar-refractivity contribution in [3.8, 4) is 5.75 Å². The summed E-state index contributed by atoms with van der Waals surface area (Å²) in [5, 5.41) is 4.31. The molecular weight excluding hydrogens is 367 g/mol. The van der Waals surface area contributed by atoms with Crippen LogP contribution in [0.2, 0.25) is 0 Å². The highest BCUT2D eigenvalue weighted by Gasteiger charge is 2.18. The number of carbonyl (C=O) groups is 1. The van der Waals surface area contributed by atoms with Crippen molar-refractivity contribution in [2.45, 2.75) is 13.8 Å². The van der Waals surface area contributed by atoms with Crippen LogP contribution in [0.25, 0.3) is 21.2 Å². The van der Waals surface area contributed by atoms with Gasteiger partial charge in [-0.2, -0.15) is 0 Å². The molecule has 0 aliphatic carbocycles. The Bertz CT molecular complexity index is 1150. The van der Waals surface area contributed by atoms with Gasteiger partial charge in [0.05, 0.1) is 23.4 Å². The van der Waals surface area contributed by atoms with Crippen molar-refractivity contribution in [3.63, 3.8) is 0 Å². The number of thiazole rings is 1. The maximum atomic E-state index is 13.4. The molecule has 7 heteroatoms. The van der Waals surface area contributed by atoms with E-state index in [2.05, 4.69) is 10.3 Å². The van der Waals surface area contributed by atoms with Gasteiger partial charge in [-0.3, -0.25) is 4.79 Å². The van der Waals surface area contributed by atoms with Crippen molar-refractivity contribution in [2.75, 3.05) is 18.5 Å². The monoisotopic (exact) mass is 384 g/mol. The van der Waals surface area contributed by atoms with Crippen molar-refractivity contribution in [3.05, 3.63) is 53.5 Å².